The fraction of sp³-hybridized carbons (Fsp3) is 0.263. The average molecular weight is 454 g/mol. The van der Waals surface area contributed by atoms with E-state index in [1.54, 1.807) is 31.2 Å². The minimum Gasteiger partial charge on any atom is -0.508 e. The first-order valence-electron chi connectivity index (χ1n) is 8.80. The van der Waals surface area contributed by atoms with Crippen molar-refractivity contribution in [1.29, 1.82) is 0 Å². The van der Waals surface area contributed by atoms with Crippen LogP contribution in [-0.4, -0.2) is 26.6 Å². The quantitative estimate of drug-likeness (QED) is 0.266. The number of nitrogens with one attached hydrogen (secondary N) is 1. The van der Waals surface area contributed by atoms with E-state index in [-0.39, 0.29) is 16.5 Å². The molecular weight excluding hydrogens is 430 g/mol. The first-order valence-corrected chi connectivity index (χ1v) is 11.8. The number of thiophene rings is 1. The maximum absolute atomic E-state index is 13.3. The lowest BCUT2D eigenvalue weighted by Gasteiger charge is -2.30. The standard InChI is InChI=1S/C17H17N3O4S3.C2H6/c1-2-3-7-19-11-14-8-12-9-16(26-24-18)25-17(12)27(22,23)20(14)13-5-4-6-15(21)10-13;1-2/h4-6,8-10,19,21H,7,11,18H2,1H3;1-2H3. The molecule has 1 aromatic heterocycles. The molecule has 0 radical (unpaired) electrons. The number of hydrogen-bond donors (Lipinski definition) is 3. The summed E-state index contributed by atoms with van der Waals surface area (Å²) in [4.78, 5) is 0. The van der Waals surface area contributed by atoms with Crippen molar-refractivity contribution >= 4 is 45.2 Å². The van der Waals surface area contributed by atoms with Gasteiger partial charge in [0.2, 0.25) is 0 Å². The normalized spacial score (nSPS) is 14.1. The Morgan fingerprint density at radius 1 is 1.34 bits per heavy atom. The third-order valence-electron chi connectivity index (χ3n) is 3.65. The number of sulfonamides is 1. The zero-order valence-corrected chi connectivity index (χ0v) is 18.7. The van der Waals surface area contributed by atoms with Crippen molar-refractivity contribution in [2.75, 3.05) is 17.4 Å². The SMILES string of the molecule is CC.CC#CCNCC1=Cc2cc(SON)sc2S(=O)(=O)N1c1cccc(O)c1. The number of fused-ring (bicyclic) bond motifs is 1. The molecule has 2 heterocycles. The van der Waals surface area contributed by atoms with Crippen LogP contribution in [0, 0.1) is 11.8 Å². The molecule has 1 aliphatic heterocycles. The molecule has 0 bridgehead atoms. The highest BCUT2D eigenvalue weighted by atomic mass is 32.3. The smallest absolute Gasteiger partial charge is 0.278 e. The van der Waals surface area contributed by atoms with E-state index in [0.717, 1.165) is 23.4 Å². The zero-order valence-electron chi connectivity index (χ0n) is 16.3. The Kier molecular flexibility index (Phi) is 8.58. The average Bonchev–Trinajstić information content (AvgIpc) is 3.10. The Bertz CT molecular complexity index is 1040. The largest absolute Gasteiger partial charge is 0.508 e. The third kappa shape index (κ3) is 5.33. The lowest BCUT2D eigenvalue weighted by atomic mass is 10.2. The molecule has 29 heavy (non-hydrogen) atoms. The molecule has 1 aromatic carbocycles. The van der Waals surface area contributed by atoms with Crippen molar-refractivity contribution in [3.8, 4) is 17.6 Å². The molecule has 0 saturated heterocycles. The molecule has 0 fully saturated rings. The van der Waals surface area contributed by atoms with E-state index in [1.165, 1.54) is 16.4 Å². The number of anilines is 1. The van der Waals surface area contributed by atoms with Crippen molar-refractivity contribution in [1.82, 2.24) is 5.32 Å². The van der Waals surface area contributed by atoms with Crippen LogP contribution in [-0.2, 0) is 14.3 Å². The number of rotatable bonds is 6. The van der Waals surface area contributed by atoms with Gasteiger partial charge in [0.1, 0.15) is 9.96 Å². The van der Waals surface area contributed by atoms with Gasteiger partial charge in [0.15, 0.2) is 0 Å². The van der Waals surface area contributed by atoms with Gasteiger partial charge < -0.3 is 10.4 Å². The molecule has 156 valence electrons. The molecular formula is C19H23N3O4S3. The molecule has 0 amide bonds. The summed E-state index contributed by atoms with van der Waals surface area (Å²) in [5.41, 5.74) is 1.45. The molecule has 0 atom stereocenters. The molecule has 1 aliphatic rings. The number of nitrogens with two attached hydrogens (primary N) is 1. The van der Waals surface area contributed by atoms with Crippen LogP contribution in [0.1, 0.15) is 26.3 Å². The number of benzene rings is 1. The summed E-state index contributed by atoms with van der Waals surface area (Å²) in [6.07, 6.45) is 1.80. The number of nitrogens with zero attached hydrogens (tertiary/aromatic N) is 1. The maximum Gasteiger partial charge on any atom is 0.278 e. The summed E-state index contributed by atoms with van der Waals surface area (Å²) in [6, 6.07) is 7.85. The monoisotopic (exact) mass is 453 g/mol. The molecule has 2 aromatic rings. The van der Waals surface area contributed by atoms with Crippen molar-refractivity contribution < 1.29 is 17.8 Å². The van der Waals surface area contributed by atoms with E-state index in [0.29, 0.717) is 27.7 Å². The van der Waals surface area contributed by atoms with Gasteiger partial charge >= 0.3 is 0 Å². The van der Waals surface area contributed by atoms with E-state index >= 15 is 0 Å². The number of hydrogen-bond acceptors (Lipinski definition) is 8. The number of phenols is 1. The Hall–Kier alpha value is -2.00. The Morgan fingerprint density at radius 2 is 2.10 bits per heavy atom. The fourth-order valence-electron chi connectivity index (χ4n) is 2.62. The molecule has 0 saturated carbocycles. The van der Waals surface area contributed by atoms with Crippen LogP contribution in [0.4, 0.5) is 5.69 Å². The predicted molar refractivity (Wildman–Crippen MR) is 119 cm³/mol. The van der Waals surface area contributed by atoms with Gasteiger partial charge in [-0.3, -0.25) is 0 Å². The molecule has 3 rings (SSSR count). The van der Waals surface area contributed by atoms with Gasteiger partial charge in [0.05, 0.1) is 28.5 Å². The first-order chi connectivity index (χ1) is 14.0. The highest BCUT2D eigenvalue weighted by Gasteiger charge is 2.36. The minimum absolute atomic E-state index is 0.0170. The van der Waals surface area contributed by atoms with Gasteiger partial charge in [0, 0.05) is 23.9 Å². The van der Waals surface area contributed by atoms with Crippen LogP contribution < -0.4 is 15.5 Å². The van der Waals surface area contributed by atoms with Gasteiger partial charge in [-0.2, -0.15) is 8.42 Å². The van der Waals surface area contributed by atoms with Gasteiger partial charge in [0.25, 0.3) is 10.0 Å². The highest BCUT2D eigenvalue weighted by Crippen LogP contribution is 2.42. The highest BCUT2D eigenvalue weighted by molar-refractivity contribution is 7.98. The van der Waals surface area contributed by atoms with E-state index < -0.39 is 10.0 Å². The fourth-order valence-corrected chi connectivity index (χ4v) is 6.47. The van der Waals surface area contributed by atoms with Crippen LogP contribution in [0.25, 0.3) is 6.08 Å². The summed E-state index contributed by atoms with van der Waals surface area (Å²) in [5.74, 6) is 10.7. The summed E-state index contributed by atoms with van der Waals surface area (Å²) >= 11 is 1.99. The van der Waals surface area contributed by atoms with Crippen molar-refractivity contribution in [2.45, 2.75) is 29.2 Å². The molecule has 7 nitrogen and oxygen atoms in total. The molecule has 10 heteroatoms. The minimum atomic E-state index is -3.86. The lowest BCUT2D eigenvalue weighted by molar-refractivity contribution is 0.399. The molecule has 0 unspecified atom stereocenters. The Morgan fingerprint density at radius 3 is 2.76 bits per heavy atom. The lowest BCUT2D eigenvalue weighted by Crippen LogP contribution is -2.37. The second-order valence-electron chi connectivity index (χ2n) is 5.44. The van der Waals surface area contributed by atoms with Crippen LogP contribution in [0.5, 0.6) is 5.75 Å². The zero-order chi connectivity index (χ0) is 21.4. The van der Waals surface area contributed by atoms with E-state index in [1.807, 2.05) is 13.8 Å². The second kappa shape index (κ2) is 10.7. The Labute approximate surface area is 179 Å². The second-order valence-corrected chi connectivity index (χ2v) is 9.53. The summed E-state index contributed by atoms with van der Waals surface area (Å²) in [6.45, 7) is 6.45. The van der Waals surface area contributed by atoms with E-state index in [9.17, 15) is 13.5 Å². The third-order valence-corrected chi connectivity index (χ3v) is 7.74. The summed E-state index contributed by atoms with van der Waals surface area (Å²) < 4.78 is 33.2. The maximum atomic E-state index is 13.3. The van der Waals surface area contributed by atoms with Crippen LogP contribution in [0.2, 0.25) is 0 Å². The first kappa shape index (κ1) is 23.3. The van der Waals surface area contributed by atoms with Gasteiger partial charge in [-0.25, -0.2) is 14.5 Å². The van der Waals surface area contributed by atoms with Crippen LogP contribution in [0.15, 0.2) is 44.4 Å². The van der Waals surface area contributed by atoms with Crippen molar-refractivity contribution in [3.05, 3.63) is 41.6 Å². The van der Waals surface area contributed by atoms with Gasteiger partial charge in [-0.15, -0.1) is 17.3 Å². The van der Waals surface area contributed by atoms with Gasteiger partial charge in [-0.05, 0) is 31.2 Å². The number of phenolic OH excluding ortho intramolecular Hbond substituents is 1. The molecule has 4 N–H and O–H groups in total. The summed E-state index contributed by atoms with van der Waals surface area (Å²) in [5, 5.41) is 12.9. The molecule has 0 aliphatic carbocycles. The summed E-state index contributed by atoms with van der Waals surface area (Å²) in [7, 11) is -3.86. The predicted octanol–water partition coefficient (Wildman–Crippen LogP) is 3.54. The number of aromatic hydroxyl groups is 1. The van der Waals surface area contributed by atoms with Crippen molar-refractivity contribution in [2.24, 2.45) is 5.90 Å². The topological polar surface area (TPSA) is 105 Å². The van der Waals surface area contributed by atoms with Crippen LogP contribution in [0.3, 0.4) is 0 Å². The molecule has 0 spiro atoms. The van der Waals surface area contributed by atoms with Gasteiger partial charge in [-0.1, -0.05) is 25.8 Å². The van der Waals surface area contributed by atoms with E-state index in [4.69, 9.17) is 5.90 Å². The van der Waals surface area contributed by atoms with Crippen molar-refractivity contribution in [3.63, 3.8) is 0 Å². The van der Waals surface area contributed by atoms with Crippen LogP contribution >= 0.6 is 23.4 Å². The Balaban J connectivity index is 0.00000145. The van der Waals surface area contributed by atoms with E-state index in [2.05, 4.69) is 21.4 Å².